The van der Waals surface area contributed by atoms with Gasteiger partial charge in [0.2, 0.25) is 0 Å². The van der Waals surface area contributed by atoms with Crippen LogP contribution in [0.5, 0.6) is 0 Å². The largest absolute Gasteiger partial charge is 0.144 e. The van der Waals surface area contributed by atoms with Gasteiger partial charge in [-0.1, -0.05) is 80.1 Å². The summed E-state index contributed by atoms with van der Waals surface area (Å²) in [5.41, 5.74) is 1.32. The average molecular weight is 306 g/mol. The van der Waals surface area contributed by atoms with Crippen LogP contribution in [0.4, 0.5) is 0 Å². The molecule has 0 bridgehead atoms. The molecule has 0 fully saturated rings. The molecule has 22 heavy (non-hydrogen) atoms. The molecule has 1 heterocycles. The van der Waals surface area contributed by atoms with Crippen LogP contribution in [0.2, 0.25) is 0 Å². The Hall–Kier alpha value is -2.12. The molecule has 4 aromatic rings. The summed E-state index contributed by atoms with van der Waals surface area (Å²) in [5, 5.41) is 6.11. The third-order valence-electron chi connectivity index (χ3n) is 3.27. The van der Waals surface area contributed by atoms with E-state index in [-0.39, 0.29) is 0 Å². The van der Waals surface area contributed by atoms with Crippen LogP contribution in [0.1, 0.15) is 19.4 Å². The van der Waals surface area contributed by atoms with Crippen molar-refractivity contribution in [2.75, 3.05) is 0 Å². The first-order chi connectivity index (χ1) is 10.8. The minimum Gasteiger partial charge on any atom is -0.144 e. The third kappa shape index (κ3) is 4.19. The van der Waals surface area contributed by atoms with E-state index in [1.807, 2.05) is 13.8 Å². The Bertz CT molecular complexity index is 797. The van der Waals surface area contributed by atoms with Crippen LogP contribution < -0.4 is 0 Å². The van der Waals surface area contributed by atoms with Gasteiger partial charge in [-0.25, -0.2) is 0 Å². The van der Waals surface area contributed by atoms with Gasteiger partial charge >= 0.3 is 0 Å². The Morgan fingerprint density at radius 3 is 2.00 bits per heavy atom. The first-order valence-electron chi connectivity index (χ1n) is 7.70. The summed E-state index contributed by atoms with van der Waals surface area (Å²) < 4.78 is 1.37. The predicted octanol–water partition coefficient (Wildman–Crippen LogP) is 7.08. The first kappa shape index (κ1) is 16.3. The molecular formula is C21H22S. The standard InChI is InChI=1S/C11H10.C8H6S.C2H6/c1-9-6-7-10-4-2-3-5-11(10)8-9;1-2-4-8-7(3-1)5-6-9-8;1-2/h2-8H,1H3;1-6H;1-2H3. The molecule has 0 spiro atoms. The van der Waals surface area contributed by atoms with Gasteiger partial charge in [-0.05, 0) is 40.6 Å². The topological polar surface area (TPSA) is 0 Å². The van der Waals surface area contributed by atoms with Gasteiger partial charge in [0.1, 0.15) is 0 Å². The number of benzene rings is 3. The Kier molecular flexibility index (Phi) is 6.17. The maximum absolute atomic E-state index is 2.20. The fourth-order valence-corrected chi connectivity index (χ4v) is 3.01. The van der Waals surface area contributed by atoms with Crippen LogP contribution in [0.25, 0.3) is 20.9 Å². The molecule has 0 aliphatic heterocycles. The van der Waals surface area contributed by atoms with Crippen molar-refractivity contribution >= 4 is 32.2 Å². The maximum atomic E-state index is 2.20. The third-order valence-corrected chi connectivity index (χ3v) is 4.16. The smallest absolute Gasteiger partial charge is 0.0342 e. The number of rotatable bonds is 0. The lowest BCUT2D eigenvalue weighted by Gasteiger charge is -1.96. The molecule has 1 heteroatoms. The fraction of sp³-hybridized carbons (Fsp3) is 0.143. The molecule has 0 atom stereocenters. The summed E-state index contributed by atoms with van der Waals surface area (Å²) >= 11 is 1.79. The van der Waals surface area contributed by atoms with Crippen molar-refractivity contribution in [3.8, 4) is 0 Å². The number of hydrogen-bond acceptors (Lipinski definition) is 1. The van der Waals surface area contributed by atoms with Crippen molar-refractivity contribution in [1.29, 1.82) is 0 Å². The summed E-state index contributed by atoms with van der Waals surface area (Å²) in [6.45, 7) is 6.12. The first-order valence-corrected chi connectivity index (χ1v) is 8.58. The van der Waals surface area contributed by atoms with Gasteiger partial charge in [-0.15, -0.1) is 11.3 Å². The molecule has 3 aromatic carbocycles. The lowest BCUT2D eigenvalue weighted by atomic mass is 10.1. The summed E-state index contributed by atoms with van der Waals surface area (Å²) in [5.74, 6) is 0. The minimum atomic E-state index is 1.32. The van der Waals surface area contributed by atoms with Crippen molar-refractivity contribution in [1.82, 2.24) is 0 Å². The zero-order valence-electron chi connectivity index (χ0n) is 13.4. The molecule has 4 rings (SSSR count). The van der Waals surface area contributed by atoms with E-state index in [2.05, 4.69) is 85.1 Å². The zero-order valence-corrected chi connectivity index (χ0v) is 14.2. The summed E-state index contributed by atoms with van der Waals surface area (Å²) in [6, 6.07) is 25.5. The highest BCUT2D eigenvalue weighted by Crippen LogP contribution is 2.18. The lowest BCUT2D eigenvalue weighted by molar-refractivity contribution is 1.50. The molecule has 0 unspecified atom stereocenters. The highest BCUT2D eigenvalue weighted by molar-refractivity contribution is 7.17. The lowest BCUT2D eigenvalue weighted by Crippen LogP contribution is -1.73. The molecule has 112 valence electrons. The van der Waals surface area contributed by atoms with Crippen molar-refractivity contribution < 1.29 is 0 Å². The summed E-state index contributed by atoms with van der Waals surface area (Å²) in [4.78, 5) is 0. The average Bonchev–Trinajstić information content (AvgIpc) is 3.06. The number of hydrogen-bond donors (Lipinski definition) is 0. The van der Waals surface area contributed by atoms with Gasteiger partial charge in [-0.3, -0.25) is 0 Å². The second-order valence-electron chi connectivity index (χ2n) is 4.81. The molecule has 0 amide bonds. The molecule has 0 radical (unpaired) electrons. The number of aryl methyl sites for hydroxylation is 1. The monoisotopic (exact) mass is 306 g/mol. The Balaban J connectivity index is 0.000000146. The highest BCUT2D eigenvalue weighted by Gasteiger charge is 1.89. The van der Waals surface area contributed by atoms with Crippen LogP contribution in [0, 0.1) is 6.92 Å². The van der Waals surface area contributed by atoms with E-state index in [1.54, 1.807) is 11.3 Å². The van der Waals surface area contributed by atoms with Crippen LogP contribution >= 0.6 is 11.3 Å². The minimum absolute atomic E-state index is 1.32. The predicted molar refractivity (Wildman–Crippen MR) is 102 cm³/mol. The van der Waals surface area contributed by atoms with Gasteiger partial charge in [0, 0.05) is 4.70 Å². The van der Waals surface area contributed by atoms with Crippen molar-refractivity contribution in [2.45, 2.75) is 20.8 Å². The number of thiophene rings is 1. The van der Waals surface area contributed by atoms with Crippen LogP contribution in [0.3, 0.4) is 0 Å². The SMILES string of the molecule is CC.Cc1ccc2ccccc2c1.c1ccc2sccc2c1. The van der Waals surface area contributed by atoms with Crippen LogP contribution in [-0.4, -0.2) is 0 Å². The van der Waals surface area contributed by atoms with E-state index < -0.39 is 0 Å². The molecular weight excluding hydrogens is 284 g/mol. The van der Waals surface area contributed by atoms with Gasteiger partial charge in [0.25, 0.3) is 0 Å². The van der Waals surface area contributed by atoms with Crippen LogP contribution in [-0.2, 0) is 0 Å². The second kappa shape index (κ2) is 8.35. The van der Waals surface area contributed by atoms with E-state index in [0.717, 1.165) is 0 Å². The molecule has 0 saturated carbocycles. The van der Waals surface area contributed by atoms with E-state index in [1.165, 1.54) is 26.4 Å². The Morgan fingerprint density at radius 1 is 0.636 bits per heavy atom. The summed E-state index contributed by atoms with van der Waals surface area (Å²) in [7, 11) is 0. The molecule has 1 aromatic heterocycles. The van der Waals surface area contributed by atoms with E-state index in [4.69, 9.17) is 0 Å². The Labute approximate surface area is 137 Å². The quantitative estimate of drug-likeness (QED) is 0.326. The fourth-order valence-electron chi connectivity index (χ4n) is 2.21. The number of fused-ring (bicyclic) bond motifs is 2. The molecule has 0 aliphatic rings. The normalized spacial score (nSPS) is 9.59. The second-order valence-corrected chi connectivity index (χ2v) is 5.76. The highest BCUT2D eigenvalue weighted by atomic mass is 32.1. The molecule has 0 nitrogen and oxygen atoms in total. The van der Waals surface area contributed by atoms with E-state index in [0.29, 0.717) is 0 Å². The summed E-state index contributed by atoms with van der Waals surface area (Å²) in [6.07, 6.45) is 0. The van der Waals surface area contributed by atoms with Gasteiger partial charge in [0.05, 0.1) is 0 Å². The van der Waals surface area contributed by atoms with Gasteiger partial charge in [-0.2, -0.15) is 0 Å². The zero-order chi connectivity index (χ0) is 15.8. The molecule has 0 N–H and O–H groups in total. The van der Waals surface area contributed by atoms with Crippen LogP contribution in [0.15, 0.2) is 78.2 Å². The van der Waals surface area contributed by atoms with Crippen molar-refractivity contribution in [3.63, 3.8) is 0 Å². The molecule has 0 aliphatic carbocycles. The Morgan fingerprint density at radius 2 is 1.27 bits per heavy atom. The van der Waals surface area contributed by atoms with E-state index in [9.17, 15) is 0 Å². The van der Waals surface area contributed by atoms with Crippen molar-refractivity contribution in [3.05, 3.63) is 83.7 Å². The van der Waals surface area contributed by atoms with Crippen molar-refractivity contribution in [2.24, 2.45) is 0 Å². The van der Waals surface area contributed by atoms with Gasteiger partial charge in [0.15, 0.2) is 0 Å². The van der Waals surface area contributed by atoms with Gasteiger partial charge < -0.3 is 0 Å². The maximum Gasteiger partial charge on any atom is 0.0342 e. The van der Waals surface area contributed by atoms with E-state index >= 15 is 0 Å². The molecule has 0 saturated heterocycles.